The van der Waals surface area contributed by atoms with Gasteiger partial charge in [0.15, 0.2) is 0 Å². The molecule has 6 rings (SSSR count). The van der Waals surface area contributed by atoms with Crippen LogP contribution in [-0.2, 0) is 35.2 Å². The van der Waals surface area contributed by atoms with Gasteiger partial charge in [0, 0.05) is 38.0 Å². The van der Waals surface area contributed by atoms with E-state index in [4.69, 9.17) is 18.9 Å². The summed E-state index contributed by atoms with van der Waals surface area (Å²) in [6, 6.07) is 13.7. The lowest BCUT2D eigenvalue weighted by Gasteiger charge is -2.44. The van der Waals surface area contributed by atoms with Gasteiger partial charge in [-0.05, 0) is 53.8 Å². The number of hydrogen-bond acceptors (Lipinski definition) is 6. The Kier molecular flexibility index (Phi) is 8.95. The second-order valence-electron chi connectivity index (χ2n) is 9.59. The van der Waals surface area contributed by atoms with Crippen LogP contribution in [0.25, 0.3) is 0 Å². The molecule has 1 N–H and O–H groups in total. The molecule has 35 heavy (non-hydrogen) atoms. The molecule has 0 saturated carbocycles. The van der Waals surface area contributed by atoms with E-state index in [1.165, 1.54) is 22.3 Å². The molecule has 4 aliphatic rings. The van der Waals surface area contributed by atoms with Gasteiger partial charge in [-0.1, -0.05) is 31.2 Å². The maximum absolute atomic E-state index is 5.97. The summed E-state index contributed by atoms with van der Waals surface area (Å²) in [5.74, 6) is 2.02. The number of likely N-dealkylation sites (N-methyl/N-ethyl adjacent to an activating group) is 1. The molecule has 2 aromatic rings. The zero-order chi connectivity index (χ0) is 23.5. The monoisotopic (exact) mass is 502 g/mol. The summed E-state index contributed by atoms with van der Waals surface area (Å²) in [5, 5.41) is 3.53. The Hall–Kier alpha value is -1.83. The second-order valence-corrected chi connectivity index (χ2v) is 9.59. The fourth-order valence-corrected chi connectivity index (χ4v) is 6.10. The Morgan fingerprint density at radius 3 is 2.14 bits per heavy atom. The van der Waals surface area contributed by atoms with Crippen molar-refractivity contribution in [2.24, 2.45) is 0 Å². The van der Waals surface area contributed by atoms with Crippen molar-refractivity contribution in [2.75, 3.05) is 47.1 Å². The van der Waals surface area contributed by atoms with Crippen molar-refractivity contribution in [2.45, 2.75) is 56.9 Å². The number of hydrogen-bond donors (Lipinski definition) is 1. The minimum Gasteiger partial charge on any atom is -0.496 e. The third-order valence-corrected chi connectivity index (χ3v) is 7.88. The Labute approximate surface area is 215 Å². The molecular formula is C28H39ClN2O4. The molecule has 6 nitrogen and oxygen atoms in total. The summed E-state index contributed by atoms with van der Waals surface area (Å²) in [4.78, 5) is 2.55. The van der Waals surface area contributed by atoms with E-state index in [1.54, 1.807) is 14.2 Å². The summed E-state index contributed by atoms with van der Waals surface area (Å²) in [6.07, 6.45) is 4.75. The average molecular weight is 503 g/mol. The molecule has 2 fully saturated rings. The average Bonchev–Trinajstić information content (AvgIpc) is 2.90. The van der Waals surface area contributed by atoms with Gasteiger partial charge in [-0.25, -0.2) is 0 Å². The van der Waals surface area contributed by atoms with Crippen molar-refractivity contribution in [3.63, 3.8) is 0 Å². The van der Waals surface area contributed by atoms with Crippen LogP contribution >= 0.6 is 12.4 Å². The van der Waals surface area contributed by atoms with Crippen LogP contribution in [0.4, 0.5) is 0 Å². The molecule has 2 aromatic carbocycles. The number of benzene rings is 2. The van der Waals surface area contributed by atoms with Crippen LogP contribution in [0, 0.1) is 0 Å². The predicted octanol–water partition coefficient (Wildman–Crippen LogP) is 3.46. The van der Waals surface area contributed by atoms with Gasteiger partial charge in [-0.2, -0.15) is 0 Å². The van der Waals surface area contributed by atoms with Crippen LogP contribution in [-0.4, -0.2) is 76.3 Å². The van der Waals surface area contributed by atoms with E-state index in [0.29, 0.717) is 24.3 Å². The molecule has 2 heterocycles. The fraction of sp³-hybridized carbons (Fsp3) is 0.571. The molecule has 0 unspecified atom stereocenters. The Bertz CT molecular complexity index is 987. The maximum Gasteiger partial charge on any atom is 0.122 e. The molecule has 2 saturated heterocycles. The van der Waals surface area contributed by atoms with Crippen molar-refractivity contribution in [3.05, 3.63) is 58.7 Å². The highest BCUT2D eigenvalue weighted by molar-refractivity contribution is 5.85. The van der Waals surface area contributed by atoms with Gasteiger partial charge >= 0.3 is 0 Å². The van der Waals surface area contributed by atoms with Gasteiger partial charge in [0.25, 0.3) is 0 Å². The van der Waals surface area contributed by atoms with Gasteiger partial charge < -0.3 is 24.3 Å². The van der Waals surface area contributed by atoms with Crippen LogP contribution < -0.4 is 14.8 Å². The maximum atomic E-state index is 5.97. The first-order chi connectivity index (χ1) is 16.7. The van der Waals surface area contributed by atoms with Crippen molar-refractivity contribution in [3.8, 4) is 11.5 Å². The van der Waals surface area contributed by atoms with E-state index >= 15 is 0 Å². The number of ether oxygens (including phenoxy) is 4. The lowest BCUT2D eigenvalue weighted by molar-refractivity contribution is -0.0724. The Morgan fingerprint density at radius 1 is 0.857 bits per heavy atom. The zero-order valence-corrected chi connectivity index (χ0v) is 21.9. The van der Waals surface area contributed by atoms with Crippen LogP contribution in [0.3, 0.4) is 0 Å². The number of rotatable bonds is 3. The zero-order valence-electron chi connectivity index (χ0n) is 21.1. The van der Waals surface area contributed by atoms with E-state index in [-0.39, 0.29) is 12.4 Å². The number of nitrogens with one attached hydrogen (secondary N) is 1. The molecule has 192 valence electrons. The van der Waals surface area contributed by atoms with Crippen LogP contribution in [0.15, 0.2) is 36.4 Å². The fourth-order valence-electron chi connectivity index (χ4n) is 6.10. The second kappa shape index (κ2) is 11.9. The summed E-state index contributed by atoms with van der Waals surface area (Å²) in [6.45, 7) is 7.08. The first kappa shape index (κ1) is 26.2. The molecule has 2 aliphatic carbocycles. The summed E-state index contributed by atoms with van der Waals surface area (Å²) >= 11 is 0. The largest absolute Gasteiger partial charge is 0.496 e. The van der Waals surface area contributed by atoms with Gasteiger partial charge in [0.05, 0.1) is 39.6 Å². The highest BCUT2D eigenvalue weighted by Crippen LogP contribution is 2.34. The van der Waals surface area contributed by atoms with Gasteiger partial charge in [0.1, 0.15) is 11.5 Å². The van der Waals surface area contributed by atoms with E-state index in [2.05, 4.69) is 47.5 Å². The predicted molar refractivity (Wildman–Crippen MR) is 140 cm³/mol. The lowest BCUT2D eigenvalue weighted by Crippen LogP contribution is -2.54. The first-order valence-corrected chi connectivity index (χ1v) is 12.7. The van der Waals surface area contributed by atoms with E-state index in [1.807, 2.05) is 6.07 Å². The van der Waals surface area contributed by atoms with E-state index in [9.17, 15) is 0 Å². The Morgan fingerprint density at radius 2 is 1.49 bits per heavy atom. The molecule has 0 spiro atoms. The van der Waals surface area contributed by atoms with Crippen LogP contribution in [0.1, 0.15) is 29.2 Å². The molecule has 0 bridgehead atoms. The minimum atomic E-state index is 0. The summed E-state index contributed by atoms with van der Waals surface area (Å²) in [7, 11) is 3.49. The molecule has 2 aliphatic heterocycles. The molecular weight excluding hydrogens is 464 g/mol. The number of methoxy groups -OCH3 is 2. The number of halogens is 1. The van der Waals surface area contributed by atoms with Gasteiger partial charge in [0.2, 0.25) is 0 Å². The van der Waals surface area contributed by atoms with Crippen LogP contribution in [0.2, 0.25) is 0 Å². The van der Waals surface area contributed by atoms with Gasteiger partial charge in [-0.3, -0.25) is 4.90 Å². The number of morpholine rings is 2. The summed E-state index contributed by atoms with van der Waals surface area (Å²) < 4.78 is 22.7. The topological polar surface area (TPSA) is 52.2 Å². The summed E-state index contributed by atoms with van der Waals surface area (Å²) in [5.41, 5.74) is 5.51. The molecule has 0 radical (unpaired) electrons. The minimum absolute atomic E-state index is 0. The highest BCUT2D eigenvalue weighted by Gasteiger charge is 2.36. The van der Waals surface area contributed by atoms with E-state index < -0.39 is 0 Å². The molecule has 0 aromatic heterocycles. The quantitative estimate of drug-likeness (QED) is 0.693. The number of fused-ring (bicyclic) bond motifs is 4. The van der Waals surface area contributed by atoms with E-state index in [0.717, 1.165) is 70.0 Å². The van der Waals surface area contributed by atoms with Crippen molar-refractivity contribution >= 4 is 12.4 Å². The molecule has 4 atom stereocenters. The third-order valence-electron chi connectivity index (χ3n) is 7.88. The van der Waals surface area contributed by atoms with Crippen molar-refractivity contribution in [1.82, 2.24) is 10.2 Å². The van der Waals surface area contributed by atoms with Crippen molar-refractivity contribution < 1.29 is 18.9 Å². The highest BCUT2D eigenvalue weighted by atomic mass is 35.5. The number of nitrogens with zero attached hydrogens (tertiary/aromatic N) is 1. The molecule has 7 heteroatoms. The third kappa shape index (κ3) is 5.47. The Balaban J connectivity index is 0.000000161. The molecule has 0 amide bonds. The van der Waals surface area contributed by atoms with Crippen LogP contribution in [0.5, 0.6) is 11.5 Å². The normalized spacial score (nSPS) is 26.9. The smallest absolute Gasteiger partial charge is 0.122 e. The lowest BCUT2D eigenvalue weighted by atomic mass is 9.84. The van der Waals surface area contributed by atoms with Gasteiger partial charge in [-0.15, -0.1) is 12.4 Å². The SMILES string of the molecule is CCN1CCO[C@@H]2Cc3c(cccc3OC)C[C@H]21.COc1cccc2c1C[C@H]1OCCN[C@@H]1C2.Cl. The van der Waals surface area contributed by atoms with Crippen molar-refractivity contribution in [1.29, 1.82) is 0 Å². The first-order valence-electron chi connectivity index (χ1n) is 12.7. The standard InChI is InChI=1S/C15H21NO2.C13H17NO2.ClH/c1-3-16-7-8-18-15-10-12-11(9-13(15)16)5-4-6-14(12)17-2;1-15-12-4-2-3-9-7-11-13(8-10(9)12)16-6-5-14-11;/h4-6,13,15H,3,7-10H2,1-2H3;2-4,11,13-14H,5-8H2,1H3;1H/t13-,15-;11-,13-;/m11./s1.